The van der Waals surface area contributed by atoms with Gasteiger partial charge in [-0.05, 0) is 18.6 Å². The van der Waals surface area contributed by atoms with Gasteiger partial charge < -0.3 is 30.2 Å². The molecule has 30 heavy (non-hydrogen) atoms. The predicted octanol–water partition coefficient (Wildman–Crippen LogP) is 1.39. The van der Waals surface area contributed by atoms with Crippen LogP contribution in [0.5, 0.6) is 5.75 Å². The average Bonchev–Trinajstić information content (AvgIpc) is 3.34. The molecule has 0 aliphatic carbocycles. The Morgan fingerprint density at radius 1 is 1.13 bits per heavy atom. The first-order valence-corrected chi connectivity index (χ1v) is 10.3. The van der Waals surface area contributed by atoms with Gasteiger partial charge >= 0.3 is 0 Å². The summed E-state index contributed by atoms with van der Waals surface area (Å²) in [7, 11) is 0. The highest BCUT2D eigenvalue weighted by Gasteiger charge is 2.48. The number of ether oxygens (including phenoxy) is 3. The van der Waals surface area contributed by atoms with E-state index in [0.717, 1.165) is 12.1 Å². The molecule has 2 fully saturated rings. The van der Waals surface area contributed by atoms with Gasteiger partial charge in [0.1, 0.15) is 18.8 Å². The number of rotatable bonds is 6. The molecule has 0 bridgehead atoms. The molecular formula is C22H27N3O5. The molecule has 1 aromatic rings. The zero-order valence-electron chi connectivity index (χ0n) is 16.9. The number of allylic oxidation sites excluding steroid dienone is 3. The van der Waals surface area contributed by atoms with E-state index in [1.54, 1.807) is 12.1 Å². The van der Waals surface area contributed by atoms with Crippen LogP contribution in [-0.2, 0) is 14.3 Å². The van der Waals surface area contributed by atoms with Gasteiger partial charge in [0, 0.05) is 12.6 Å². The molecule has 0 unspecified atom stereocenters. The lowest BCUT2D eigenvalue weighted by Gasteiger charge is -2.23. The van der Waals surface area contributed by atoms with Crippen molar-refractivity contribution in [3.8, 4) is 5.75 Å². The summed E-state index contributed by atoms with van der Waals surface area (Å²) in [6, 6.07) is 4.91. The predicted molar refractivity (Wildman–Crippen MR) is 112 cm³/mol. The summed E-state index contributed by atoms with van der Waals surface area (Å²) < 4.78 is 17.4. The van der Waals surface area contributed by atoms with Crippen molar-refractivity contribution in [3.63, 3.8) is 0 Å². The lowest BCUT2D eigenvalue weighted by atomic mass is 10.0. The number of hydrogen-bond donors (Lipinski definition) is 3. The van der Waals surface area contributed by atoms with E-state index in [9.17, 15) is 9.59 Å². The molecule has 0 aromatic heterocycles. The van der Waals surface area contributed by atoms with E-state index < -0.39 is 0 Å². The summed E-state index contributed by atoms with van der Waals surface area (Å²) in [5, 5.41) is 9.16. The lowest BCUT2D eigenvalue weighted by molar-refractivity contribution is -0.117. The molecule has 160 valence electrons. The second kappa shape index (κ2) is 9.32. The molecule has 1 aromatic carbocycles. The molecule has 4 atom stereocenters. The molecule has 0 saturated carbocycles. The van der Waals surface area contributed by atoms with Crippen LogP contribution < -0.4 is 20.7 Å². The van der Waals surface area contributed by atoms with Gasteiger partial charge in [0.05, 0.1) is 36.5 Å². The third-order valence-electron chi connectivity index (χ3n) is 5.35. The van der Waals surface area contributed by atoms with Crippen molar-refractivity contribution in [3.05, 3.63) is 48.1 Å². The highest BCUT2D eigenvalue weighted by atomic mass is 16.6. The first-order valence-electron chi connectivity index (χ1n) is 10.3. The summed E-state index contributed by atoms with van der Waals surface area (Å²) in [5.41, 5.74) is 1.30. The van der Waals surface area contributed by atoms with E-state index >= 15 is 0 Å². The molecule has 0 radical (unpaired) electrons. The third kappa shape index (κ3) is 4.34. The normalized spacial score (nSPS) is 27.4. The van der Waals surface area contributed by atoms with Crippen LogP contribution in [0.15, 0.2) is 42.5 Å². The lowest BCUT2D eigenvalue weighted by Crippen LogP contribution is -2.46. The Hall–Kier alpha value is -2.84. The zero-order valence-corrected chi connectivity index (χ0v) is 16.9. The second-order valence-corrected chi connectivity index (χ2v) is 7.44. The van der Waals surface area contributed by atoms with Gasteiger partial charge in [0.2, 0.25) is 5.91 Å². The van der Waals surface area contributed by atoms with Crippen LogP contribution >= 0.6 is 0 Å². The maximum Gasteiger partial charge on any atom is 0.255 e. The minimum atomic E-state index is -0.304. The Balaban J connectivity index is 1.35. The van der Waals surface area contributed by atoms with E-state index in [4.69, 9.17) is 14.2 Å². The number of fused-ring (bicyclic) bond motifs is 2. The highest BCUT2D eigenvalue weighted by Crippen LogP contribution is 2.32. The molecule has 3 heterocycles. The first-order chi connectivity index (χ1) is 14.7. The minimum absolute atomic E-state index is 0.193. The Kier molecular flexibility index (Phi) is 6.35. The van der Waals surface area contributed by atoms with Gasteiger partial charge in [-0.2, -0.15) is 0 Å². The number of carbonyl (C=O) groups is 2. The molecule has 4 rings (SSSR count). The summed E-state index contributed by atoms with van der Waals surface area (Å²) in [6.07, 6.45) is 7.33. The molecule has 8 heteroatoms. The first kappa shape index (κ1) is 20.4. The van der Waals surface area contributed by atoms with Crippen LogP contribution in [0.1, 0.15) is 23.7 Å². The monoisotopic (exact) mass is 413 g/mol. The van der Waals surface area contributed by atoms with Crippen molar-refractivity contribution in [2.75, 3.05) is 31.7 Å². The molecular weight excluding hydrogens is 386 g/mol. The molecule has 3 aliphatic rings. The fourth-order valence-electron chi connectivity index (χ4n) is 3.93. The summed E-state index contributed by atoms with van der Waals surface area (Å²) in [4.78, 5) is 25.0. The number of anilines is 1. The van der Waals surface area contributed by atoms with Gasteiger partial charge in [0.25, 0.3) is 5.91 Å². The van der Waals surface area contributed by atoms with Gasteiger partial charge in [-0.15, -0.1) is 0 Å². The van der Waals surface area contributed by atoms with Gasteiger partial charge in [0.15, 0.2) is 5.75 Å². The van der Waals surface area contributed by atoms with Gasteiger partial charge in [-0.3, -0.25) is 9.59 Å². The Morgan fingerprint density at radius 2 is 1.90 bits per heavy atom. The molecule has 0 spiro atoms. The van der Waals surface area contributed by atoms with E-state index in [0.29, 0.717) is 37.7 Å². The van der Waals surface area contributed by atoms with E-state index in [2.05, 4.69) is 16.0 Å². The number of nitrogens with one attached hydrogen (secondary N) is 3. The van der Waals surface area contributed by atoms with Crippen molar-refractivity contribution in [2.45, 2.75) is 37.6 Å². The van der Waals surface area contributed by atoms with E-state index in [1.807, 2.05) is 31.2 Å². The van der Waals surface area contributed by atoms with Gasteiger partial charge in [-0.1, -0.05) is 31.2 Å². The Labute approximate surface area is 175 Å². The molecule has 3 aliphatic heterocycles. The summed E-state index contributed by atoms with van der Waals surface area (Å²) in [5.74, 6) is 0.145. The largest absolute Gasteiger partial charge is 0.489 e. The van der Waals surface area contributed by atoms with Crippen LogP contribution in [0, 0.1) is 0 Å². The number of amides is 2. The van der Waals surface area contributed by atoms with Crippen LogP contribution in [0.4, 0.5) is 5.69 Å². The van der Waals surface area contributed by atoms with Gasteiger partial charge in [-0.25, -0.2) is 0 Å². The second-order valence-electron chi connectivity index (χ2n) is 7.44. The maximum atomic E-state index is 12.9. The van der Waals surface area contributed by atoms with Crippen molar-refractivity contribution < 1.29 is 23.8 Å². The zero-order chi connectivity index (χ0) is 20.9. The standard InChI is InChI=1S/C22H27N3O5/c1-2-3-4-5-9-18(26)24-16-12-29-21-17(13-30-20(16)21)25-22(27)14-7-6-8-15-19(14)28-11-10-23-15/h3-9,16-17,20-21,23H,2,10-13H2,1H3,(H,24,26)(H,25,27)/b4-3+,9-5+/t16-,17-,20+,21+/m0/s1. The van der Waals surface area contributed by atoms with Crippen LogP contribution in [-0.4, -0.2) is 62.5 Å². The Morgan fingerprint density at radius 3 is 2.67 bits per heavy atom. The van der Waals surface area contributed by atoms with Crippen LogP contribution in [0.25, 0.3) is 0 Å². The fourth-order valence-corrected chi connectivity index (χ4v) is 3.93. The smallest absolute Gasteiger partial charge is 0.255 e. The Bertz CT molecular complexity index is 853. The maximum absolute atomic E-state index is 12.9. The number of carbonyl (C=O) groups excluding carboxylic acids is 2. The average molecular weight is 413 g/mol. The van der Waals surface area contributed by atoms with Crippen LogP contribution in [0.3, 0.4) is 0 Å². The highest BCUT2D eigenvalue weighted by molar-refractivity contribution is 5.99. The topological polar surface area (TPSA) is 97.9 Å². The molecule has 8 nitrogen and oxygen atoms in total. The van der Waals surface area contributed by atoms with Crippen molar-refractivity contribution >= 4 is 17.5 Å². The minimum Gasteiger partial charge on any atom is -0.489 e. The third-order valence-corrected chi connectivity index (χ3v) is 5.35. The summed E-state index contributed by atoms with van der Waals surface area (Å²) >= 11 is 0. The van der Waals surface area contributed by atoms with E-state index in [-0.39, 0.29) is 36.1 Å². The molecule has 3 N–H and O–H groups in total. The van der Waals surface area contributed by atoms with Crippen molar-refractivity contribution in [2.24, 2.45) is 0 Å². The number of para-hydroxylation sites is 1. The quantitative estimate of drug-likeness (QED) is 0.482. The van der Waals surface area contributed by atoms with Crippen molar-refractivity contribution in [1.29, 1.82) is 0 Å². The molecule has 2 saturated heterocycles. The summed E-state index contributed by atoms with van der Waals surface area (Å²) in [6.45, 7) is 3.94. The number of hydrogen-bond acceptors (Lipinski definition) is 6. The fraction of sp³-hybridized carbons (Fsp3) is 0.455. The van der Waals surface area contributed by atoms with E-state index in [1.165, 1.54) is 6.08 Å². The molecule has 2 amide bonds. The van der Waals surface area contributed by atoms with Crippen molar-refractivity contribution in [1.82, 2.24) is 10.6 Å². The SMILES string of the molecule is CC/C=C/C=C/C(=O)N[C@H]1CO[C@H]2[C@@H]1OC[C@@H]2NC(=O)c1cccc2c1OCCN2. The van der Waals surface area contributed by atoms with Crippen LogP contribution in [0.2, 0.25) is 0 Å². The number of benzene rings is 1.